The quantitative estimate of drug-likeness (QED) is 0.496. The Bertz CT molecular complexity index is 1120. The Labute approximate surface area is 153 Å². The molecule has 0 radical (unpaired) electrons. The predicted octanol–water partition coefficient (Wildman–Crippen LogP) is 0.643. The van der Waals surface area contributed by atoms with Crippen LogP contribution in [-0.2, 0) is 18.8 Å². The normalized spacial score (nSPS) is 10.6. The first-order chi connectivity index (χ1) is 12.9. The van der Waals surface area contributed by atoms with Crippen LogP contribution in [-0.4, -0.2) is 31.7 Å². The smallest absolute Gasteiger partial charge is 0.360 e. The zero-order valence-electron chi connectivity index (χ0n) is 15.0. The summed E-state index contributed by atoms with van der Waals surface area (Å²) in [6.45, 7) is 1.79. The van der Waals surface area contributed by atoms with Crippen molar-refractivity contribution in [2.45, 2.75) is 6.92 Å². The summed E-state index contributed by atoms with van der Waals surface area (Å²) < 4.78 is 7.10. The number of aryl methyl sites for hydroxylation is 1. The van der Waals surface area contributed by atoms with E-state index in [1.807, 2.05) is 18.2 Å². The van der Waals surface area contributed by atoms with Gasteiger partial charge in [0.15, 0.2) is 22.7 Å². The van der Waals surface area contributed by atoms with Crippen molar-refractivity contribution in [3.63, 3.8) is 0 Å². The lowest BCUT2D eigenvalue weighted by Crippen LogP contribution is -2.38. The van der Waals surface area contributed by atoms with Crippen LogP contribution in [0, 0.1) is 0 Å². The summed E-state index contributed by atoms with van der Waals surface area (Å²) in [5.41, 5.74) is 4.99. The topological polar surface area (TPSA) is 120 Å². The van der Waals surface area contributed by atoms with E-state index in [0.717, 1.165) is 4.57 Å². The SMILES string of the molecule is CCOC(=O)c1nc2c(=O)n(C)c(=O)n(C)c2nc1NNc1ccccc1. The number of aromatic nitrogens is 4. The van der Waals surface area contributed by atoms with Crippen LogP contribution < -0.4 is 22.1 Å². The van der Waals surface area contributed by atoms with E-state index >= 15 is 0 Å². The fourth-order valence-electron chi connectivity index (χ4n) is 2.45. The zero-order valence-corrected chi connectivity index (χ0v) is 15.0. The number of hydrogen-bond acceptors (Lipinski definition) is 8. The Kier molecular flexibility index (Phi) is 4.88. The van der Waals surface area contributed by atoms with Crippen LogP contribution in [0.15, 0.2) is 39.9 Å². The molecule has 0 saturated carbocycles. The van der Waals surface area contributed by atoms with Gasteiger partial charge in [-0.2, -0.15) is 0 Å². The number of carbonyl (C=O) groups excluding carboxylic acids is 1. The van der Waals surface area contributed by atoms with Crippen molar-refractivity contribution in [1.29, 1.82) is 0 Å². The Morgan fingerprint density at radius 1 is 1.07 bits per heavy atom. The third kappa shape index (κ3) is 3.36. The number of fused-ring (bicyclic) bond motifs is 1. The fraction of sp³-hybridized carbons (Fsp3) is 0.235. The van der Waals surface area contributed by atoms with Crippen LogP contribution >= 0.6 is 0 Å². The van der Waals surface area contributed by atoms with E-state index in [4.69, 9.17) is 4.74 Å². The first kappa shape index (κ1) is 18.1. The summed E-state index contributed by atoms with van der Waals surface area (Å²) in [7, 11) is 2.80. The van der Waals surface area contributed by atoms with Gasteiger partial charge in [-0.15, -0.1) is 0 Å². The zero-order chi connectivity index (χ0) is 19.6. The van der Waals surface area contributed by atoms with Gasteiger partial charge < -0.3 is 4.74 Å². The second-order valence-electron chi connectivity index (χ2n) is 5.64. The van der Waals surface area contributed by atoms with Crippen molar-refractivity contribution in [1.82, 2.24) is 19.1 Å². The number of anilines is 2. The lowest BCUT2D eigenvalue weighted by molar-refractivity contribution is 0.0520. The molecule has 2 N–H and O–H groups in total. The van der Waals surface area contributed by atoms with Gasteiger partial charge in [0, 0.05) is 14.1 Å². The molecule has 10 nitrogen and oxygen atoms in total. The van der Waals surface area contributed by atoms with Gasteiger partial charge in [-0.1, -0.05) is 18.2 Å². The van der Waals surface area contributed by atoms with Crippen molar-refractivity contribution in [3.05, 3.63) is 56.9 Å². The summed E-state index contributed by atoms with van der Waals surface area (Å²) in [5.74, 6) is -0.701. The van der Waals surface area contributed by atoms with Gasteiger partial charge in [-0.3, -0.25) is 24.8 Å². The molecule has 0 aliphatic rings. The average Bonchev–Trinajstić information content (AvgIpc) is 2.69. The maximum atomic E-state index is 12.4. The number of esters is 1. The van der Waals surface area contributed by atoms with E-state index < -0.39 is 17.2 Å². The fourth-order valence-corrected chi connectivity index (χ4v) is 2.45. The molecule has 2 heterocycles. The van der Waals surface area contributed by atoms with Gasteiger partial charge in [0.25, 0.3) is 5.56 Å². The van der Waals surface area contributed by atoms with Crippen molar-refractivity contribution < 1.29 is 9.53 Å². The molecule has 0 unspecified atom stereocenters. The number of benzene rings is 1. The van der Waals surface area contributed by atoms with Gasteiger partial charge in [-0.05, 0) is 19.1 Å². The number of ether oxygens (including phenoxy) is 1. The third-order valence-electron chi connectivity index (χ3n) is 3.84. The average molecular weight is 370 g/mol. The van der Waals surface area contributed by atoms with Crippen LogP contribution in [0.1, 0.15) is 17.4 Å². The molecular formula is C17H18N6O4. The molecule has 0 bridgehead atoms. The van der Waals surface area contributed by atoms with Gasteiger partial charge >= 0.3 is 11.7 Å². The highest BCUT2D eigenvalue weighted by molar-refractivity contribution is 5.94. The van der Waals surface area contributed by atoms with Crippen molar-refractivity contribution in [3.8, 4) is 0 Å². The van der Waals surface area contributed by atoms with E-state index in [2.05, 4.69) is 20.8 Å². The highest BCUT2D eigenvalue weighted by Gasteiger charge is 2.21. The van der Waals surface area contributed by atoms with E-state index in [0.29, 0.717) is 5.69 Å². The molecule has 0 spiro atoms. The highest BCUT2D eigenvalue weighted by atomic mass is 16.5. The van der Waals surface area contributed by atoms with Crippen LogP contribution in [0.2, 0.25) is 0 Å². The Morgan fingerprint density at radius 2 is 1.78 bits per heavy atom. The molecule has 3 aromatic rings. The van der Waals surface area contributed by atoms with E-state index in [-0.39, 0.29) is 29.3 Å². The first-order valence-electron chi connectivity index (χ1n) is 8.16. The van der Waals surface area contributed by atoms with E-state index in [1.165, 1.54) is 18.7 Å². The van der Waals surface area contributed by atoms with E-state index in [1.54, 1.807) is 19.1 Å². The third-order valence-corrected chi connectivity index (χ3v) is 3.84. The number of para-hydroxylation sites is 1. The summed E-state index contributed by atoms with van der Waals surface area (Å²) >= 11 is 0. The predicted molar refractivity (Wildman–Crippen MR) is 99.7 cm³/mol. The van der Waals surface area contributed by atoms with Crippen molar-refractivity contribution >= 4 is 28.6 Å². The minimum absolute atomic E-state index is 0.0352. The van der Waals surface area contributed by atoms with Crippen molar-refractivity contribution in [2.75, 3.05) is 17.5 Å². The largest absolute Gasteiger partial charge is 0.461 e. The molecular weight excluding hydrogens is 352 g/mol. The molecule has 10 heteroatoms. The molecule has 1 aromatic carbocycles. The second-order valence-corrected chi connectivity index (χ2v) is 5.64. The maximum Gasteiger partial charge on any atom is 0.360 e. The van der Waals surface area contributed by atoms with Gasteiger partial charge in [0.2, 0.25) is 0 Å². The number of nitrogens with zero attached hydrogens (tertiary/aromatic N) is 4. The molecule has 0 amide bonds. The number of carbonyl (C=O) groups is 1. The number of hydrazine groups is 1. The van der Waals surface area contributed by atoms with Crippen LogP contribution in [0.4, 0.5) is 11.5 Å². The Balaban J connectivity index is 2.17. The van der Waals surface area contributed by atoms with Crippen molar-refractivity contribution in [2.24, 2.45) is 14.1 Å². The van der Waals surface area contributed by atoms with Crippen LogP contribution in [0.3, 0.4) is 0 Å². The number of nitrogens with one attached hydrogen (secondary N) is 2. The minimum Gasteiger partial charge on any atom is -0.461 e. The van der Waals surface area contributed by atoms with Crippen LogP contribution in [0.25, 0.3) is 11.2 Å². The lowest BCUT2D eigenvalue weighted by atomic mass is 10.3. The molecule has 0 aliphatic carbocycles. The van der Waals surface area contributed by atoms with Gasteiger partial charge in [0.05, 0.1) is 12.3 Å². The summed E-state index contributed by atoms with van der Waals surface area (Å²) in [5, 5.41) is 0. The van der Waals surface area contributed by atoms with E-state index in [9.17, 15) is 14.4 Å². The molecule has 2 aromatic heterocycles. The summed E-state index contributed by atoms with van der Waals surface area (Å²) in [6, 6.07) is 9.12. The molecule has 0 saturated heterocycles. The molecule has 140 valence electrons. The Morgan fingerprint density at radius 3 is 2.44 bits per heavy atom. The molecule has 27 heavy (non-hydrogen) atoms. The summed E-state index contributed by atoms with van der Waals surface area (Å²) in [4.78, 5) is 45.2. The molecule has 0 atom stereocenters. The monoisotopic (exact) mass is 370 g/mol. The Hall–Kier alpha value is -3.69. The highest BCUT2D eigenvalue weighted by Crippen LogP contribution is 2.16. The maximum absolute atomic E-state index is 12.4. The lowest BCUT2D eigenvalue weighted by Gasteiger charge is -2.14. The van der Waals surface area contributed by atoms with Gasteiger partial charge in [0.1, 0.15) is 0 Å². The minimum atomic E-state index is -0.736. The summed E-state index contributed by atoms with van der Waals surface area (Å²) in [6.07, 6.45) is 0. The molecule has 3 rings (SSSR count). The van der Waals surface area contributed by atoms with Crippen LogP contribution in [0.5, 0.6) is 0 Å². The molecule has 0 fully saturated rings. The standard InChI is InChI=1S/C17H18N6O4/c1-4-27-16(25)11-13(21-20-10-8-6-5-7-9-10)19-14-12(18-11)15(24)23(3)17(26)22(14)2/h5-9,20H,4H2,1-3H3,(H,19,21). The number of hydrogen-bond donors (Lipinski definition) is 2. The number of rotatable bonds is 5. The molecule has 0 aliphatic heterocycles. The van der Waals surface area contributed by atoms with Gasteiger partial charge in [-0.25, -0.2) is 19.6 Å². The first-order valence-corrected chi connectivity index (χ1v) is 8.16. The second kappa shape index (κ2) is 7.28.